The molecule has 0 aliphatic carbocycles. The number of anilines is 1. The lowest BCUT2D eigenvalue weighted by Gasteiger charge is -2.14. The minimum Gasteiger partial charge on any atom is -0.494 e. The number of pyridine rings is 1. The molecule has 0 amide bonds. The fourth-order valence-corrected chi connectivity index (χ4v) is 3.71. The molecule has 188 valence electrons. The van der Waals surface area contributed by atoms with Crippen molar-refractivity contribution in [2.24, 2.45) is 0 Å². The van der Waals surface area contributed by atoms with Crippen LogP contribution in [0.15, 0.2) is 54.9 Å². The van der Waals surface area contributed by atoms with Gasteiger partial charge in [0, 0.05) is 24.2 Å². The van der Waals surface area contributed by atoms with Crippen molar-refractivity contribution in [2.45, 2.75) is 19.5 Å². The third kappa shape index (κ3) is 5.35. The van der Waals surface area contributed by atoms with Gasteiger partial charge < -0.3 is 19.9 Å². The summed E-state index contributed by atoms with van der Waals surface area (Å²) in [7, 11) is 1.33. The van der Waals surface area contributed by atoms with E-state index in [1.54, 1.807) is 29.7 Å². The summed E-state index contributed by atoms with van der Waals surface area (Å²) in [6.45, 7) is 1.27. The van der Waals surface area contributed by atoms with Gasteiger partial charge in [0.25, 0.3) is 0 Å². The molecule has 0 saturated carbocycles. The Morgan fingerprint density at radius 2 is 1.92 bits per heavy atom. The normalized spacial score (nSPS) is 11.5. The standard InChI is InChI=1S/C25H21F4N3O4/c1-14-9-15(3-5-18(14)24(33)34)21-12-31-23-20(30-8-7-25(27,28)29)11-17(13-32(21)23)36-16-4-6-22(35-2)19(26)10-16/h3-6,9-13,30H,7-8H2,1-2H3,(H,33,34). The molecule has 0 atom stereocenters. The number of aromatic nitrogens is 2. The molecule has 0 aliphatic heterocycles. The second-order valence-electron chi connectivity index (χ2n) is 7.95. The van der Waals surface area contributed by atoms with Crippen LogP contribution in [0.2, 0.25) is 0 Å². The van der Waals surface area contributed by atoms with E-state index < -0.39 is 30.9 Å². The summed E-state index contributed by atoms with van der Waals surface area (Å²) in [5, 5.41) is 12.1. The summed E-state index contributed by atoms with van der Waals surface area (Å²) in [6.07, 6.45) is -2.31. The molecule has 0 fully saturated rings. The Kier molecular flexibility index (Phi) is 6.73. The van der Waals surface area contributed by atoms with Gasteiger partial charge >= 0.3 is 12.1 Å². The van der Waals surface area contributed by atoms with Crippen LogP contribution in [0, 0.1) is 12.7 Å². The van der Waals surface area contributed by atoms with E-state index in [4.69, 9.17) is 9.47 Å². The van der Waals surface area contributed by atoms with Crippen LogP contribution in [0.4, 0.5) is 23.2 Å². The van der Waals surface area contributed by atoms with E-state index in [2.05, 4.69) is 10.3 Å². The average Bonchev–Trinajstić information content (AvgIpc) is 3.22. The number of fused-ring (bicyclic) bond motifs is 1. The third-order valence-corrected chi connectivity index (χ3v) is 5.42. The highest BCUT2D eigenvalue weighted by Crippen LogP contribution is 2.33. The highest BCUT2D eigenvalue weighted by Gasteiger charge is 2.26. The topological polar surface area (TPSA) is 85.1 Å². The predicted octanol–water partition coefficient (Wildman–Crippen LogP) is 6.31. The first-order valence-electron chi connectivity index (χ1n) is 10.7. The summed E-state index contributed by atoms with van der Waals surface area (Å²) in [5.74, 6) is -1.31. The zero-order valence-corrected chi connectivity index (χ0v) is 19.2. The van der Waals surface area contributed by atoms with Crippen molar-refractivity contribution in [3.63, 3.8) is 0 Å². The number of imidazole rings is 1. The molecule has 4 rings (SSSR count). The van der Waals surface area contributed by atoms with Crippen LogP contribution >= 0.6 is 0 Å². The Labute approximate surface area is 202 Å². The lowest BCUT2D eigenvalue weighted by molar-refractivity contribution is -0.131. The summed E-state index contributed by atoms with van der Waals surface area (Å²) < 4.78 is 64.6. The zero-order valence-electron chi connectivity index (χ0n) is 19.2. The summed E-state index contributed by atoms with van der Waals surface area (Å²) >= 11 is 0. The summed E-state index contributed by atoms with van der Waals surface area (Å²) in [5.41, 5.74) is 2.47. The van der Waals surface area contributed by atoms with E-state index >= 15 is 0 Å². The van der Waals surface area contributed by atoms with E-state index in [0.717, 1.165) is 6.07 Å². The monoisotopic (exact) mass is 503 g/mol. The van der Waals surface area contributed by atoms with E-state index in [1.807, 2.05) is 0 Å². The first-order valence-corrected chi connectivity index (χ1v) is 10.7. The SMILES string of the molecule is COc1ccc(Oc2cc(NCCC(F)(F)F)c3ncc(-c4ccc(C(=O)O)c(C)c4)n3c2)cc1F. The van der Waals surface area contributed by atoms with Crippen LogP contribution in [0.3, 0.4) is 0 Å². The molecule has 0 radical (unpaired) electrons. The smallest absolute Gasteiger partial charge is 0.390 e. The number of methoxy groups -OCH3 is 1. The Balaban J connectivity index is 1.77. The maximum absolute atomic E-state index is 14.1. The second kappa shape index (κ2) is 9.76. The maximum Gasteiger partial charge on any atom is 0.390 e. The number of alkyl halides is 3. The highest BCUT2D eigenvalue weighted by molar-refractivity contribution is 5.90. The molecule has 36 heavy (non-hydrogen) atoms. The first kappa shape index (κ1) is 24.8. The maximum atomic E-state index is 14.1. The molecule has 2 heterocycles. The molecule has 0 bridgehead atoms. The Morgan fingerprint density at radius 1 is 1.14 bits per heavy atom. The highest BCUT2D eigenvalue weighted by atomic mass is 19.4. The van der Waals surface area contributed by atoms with Crippen molar-refractivity contribution >= 4 is 17.3 Å². The number of rotatable bonds is 8. The van der Waals surface area contributed by atoms with Crippen LogP contribution in [0.1, 0.15) is 22.3 Å². The number of nitrogens with zero attached hydrogens (tertiary/aromatic N) is 2. The number of carboxylic acid groups (broad SMARTS) is 1. The van der Waals surface area contributed by atoms with E-state index in [0.29, 0.717) is 22.5 Å². The predicted molar refractivity (Wildman–Crippen MR) is 125 cm³/mol. The van der Waals surface area contributed by atoms with Crippen molar-refractivity contribution in [1.29, 1.82) is 0 Å². The molecule has 0 aliphatic rings. The molecule has 2 N–H and O–H groups in total. The number of hydrogen-bond donors (Lipinski definition) is 2. The van der Waals surface area contributed by atoms with E-state index in [-0.39, 0.29) is 28.5 Å². The lowest BCUT2D eigenvalue weighted by Crippen LogP contribution is -2.15. The number of benzene rings is 2. The molecule has 11 heteroatoms. The van der Waals surface area contributed by atoms with E-state index in [1.165, 1.54) is 37.6 Å². The van der Waals surface area contributed by atoms with Crippen molar-refractivity contribution in [3.8, 4) is 28.5 Å². The molecule has 4 aromatic rings. The quantitative estimate of drug-likeness (QED) is 0.274. The van der Waals surface area contributed by atoms with Crippen LogP contribution in [0.25, 0.3) is 16.9 Å². The number of ether oxygens (including phenoxy) is 2. The van der Waals surface area contributed by atoms with E-state index in [9.17, 15) is 27.5 Å². The molecule has 0 saturated heterocycles. The van der Waals surface area contributed by atoms with Crippen molar-refractivity contribution < 1.29 is 36.9 Å². The van der Waals surface area contributed by atoms with Gasteiger partial charge in [0.2, 0.25) is 0 Å². The minimum atomic E-state index is -4.35. The van der Waals surface area contributed by atoms with Gasteiger partial charge in [-0.15, -0.1) is 0 Å². The van der Waals surface area contributed by atoms with Gasteiger partial charge in [-0.1, -0.05) is 6.07 Å². The fraction of sp³-hybridized carbons (Fsp3) is 0.200. The molecule has 0 unspecified atom stereocenters. The van der Waals surface area contributed by atoms with Gasteiger partial charge in [0.05, 0.1) is 42.9 Å². The average molecular weight is 503 g/mol. The van der Waals surface area contributed by atoms with Gasteiger partial charge in [0.15, 0.2) is 17.2 Å². The molecule has 7 nitrogen and oxygen atoms in total. The number of carbonyl (C=O) groups is 1. The largest absolute Gasteiger partial charge is 0.494 e. The van der Waals surface area contributed by atoms with Gasteiger partial charge in [-0.2, -0.15) is 13.2 Å². The van der Waals surface area contributed by atoms with Crippen molar-refractivity contribution in [1.82, 2.24) is 9.38 Å². The molecule has 2 aromatic heterocycles. The Morgan fingerprint density at radius 3 is 2.56 bits per heavy atom. The zero-order chi connectivity index (χ0) is 26.0. The van der Waals surface area contributed by atoms with Crippen LogP contribution in [0.5, 0.6) is 17.2 Å². The van der Waals surface area contributed by atoms with Crippen molar-refractivity contribution in [2.75, 3.05) is 19.0 Å². The number of halogens is 4. The third-order valence-electron chi connectivity index (χ3n) is 5.42. The van der Waals surface area contributed by atoms with Crippen molar-refractivity contribution in [3.05, 3.63) is 71.8 Å². The molecular weight excluding hydrogens is 482 g/mol. The second-order valence-corrected chi connectivity index (χ2v) is 7.95. The molecular formula is C25H21F4N3O4. The number of nitrogens with one attached hydrogen (secondary N) is 1. The van der Waals surface area contributed by atoms with Crippen LogP contribution in [-0.4, -0.2) is 40.3 Å². The van der Waals surface area contributed by atoms with Gasteiger partial charge in [-0.05, 0) is 36.8 Å². The van der Waals surface area contributed by atoms with Crippen LogP contribution < -0.4 is 14.8 Å². The summed E-state index contributed by atoms with van der Waals surface area (Å²) in [6, 6.07) is 10.2. The molecule has 0 spiro atoms. The Bertz CT molecular complexity index is 1430. The van der Waals surface area contributed by atoms with Gasteiger partial charge in [0.1, 0.15) is 11.5 Å². The van der Waals surface area contributed by atoms with Crippen LogP contribution in [-0.2, 0) is 0 Å². The minimum absolute atomic E-state index is 0.0318. The Hall–Kier alpha value is -4.28. The number of carboxylic acids is 1. The number of aromatic carboxylic acids is 1. The lowest BCUT2D eigenvalue weighted by atomic mass is 10.0. The molecule has 2 aromatic carbocycles. The first-order chi connectivity index (χ1) is 17.1. The number of hydrogen-bond acceptors (Lipinski definition) is 5. The van der Waals surface area contributed by atoms with Gasteiger partial charge in [-0.25, -0.2) is 14.2 Å². The number of aryl methyl sites for hydroxylation is 1. The summed E-state index contributed by atoms with van der Waals surface area (Å²) in [4.78, 5) is 15.7. The fourth-order valence-electron chi connectivity index (χ4n) is 3.71. The van der Waals surface area contributed by atoms with Gasteiger partial charge in [-0.3, -0.25) is 4.40 Å².